The second-order valence-electron chi connectivity index (χ2n) is 4.34. The van der Waals surface area contributed by atoms with Crippen LogP contribution in [0.15, 0.2) is 0 Å². The fourth-order valence-corrected chi connectivity index (χ4v) is 1.93. The zero-order valence-corrected chi connectivity index (χ0v) is 10.5. The van der Waals surface area contributed by atoms with Crippen LogP contribution in [-0.4, -0.2) is 19.2 Å². The van der Waals surface area contributed by atoms with Crippen molar-refractivity contribution in [1.29, 1.82) is 0 Å². The summed E-state index contributed by atoms with van der Waals surface area (Å²) >= 11 is 6.12. The fourth-order valence-electron chi connectivity index (χ4n) is 1.70. The monoisotopic (exact) mass is 241 g/mol. The molecule has 0 spiro atoms. The van der Waals surface area contributed by atoms with Crippen LogP contribution in [0.2, 0.25) is 5.15 Å². The maximum atomic E-state index is 6.12. The van der Waals surface area contributed by atoms with E-state index in [-0.39, 0.29) is 0 Å². The number of hydrogen-bond donors (Lipinski definition) is 1. The maximum absolute atomic E-state index is 6.12. The Morgan fingerprint density at radius 2 is 2.12 bits per heavy atom. The smallest absolute Gasteiger partial charge is 0.233 e. The Morgan fingerprint density at radius 1 is 1.44 bits per heavy atom. The largest absolute Gasteiger partial charge is 0.325 e. The molecule has 0 atom stereocenters. The van der Waals surface area contributed by atoms with Gasteiger partial charge in [0, 0.05) is 20.0 Å². The molecule has 0 radical (unpaired) electrons. The molecule has 88 valence electrons. The third-order valence-electron chi connectivity index (χ3n) is 2.54. The van der Waals surface area contributed by atoms with Gasteiger partial charge in [0.1, 0.15) is 5.82 Å². The summed E-state index contributed by atoms with van der Waals surface area (Å²) < 4.78 is 3.62. The molecule has 0 aliphatic carbocycles. The molecule has 0 aromatic carbocycles. The molecule has 2 heterocycles. The lowest BCUT2D eigenvalue weighted by molar-refractivity contribution is 0.600. The molecule has 6 heteroatoms. The van der Waals surface area contributed by atoms with Gasteiger partial charge in [-0.25, -0.2) is 4.98 Å². The number of hydrogen-bond acceptors (Lipinski definition) is 3. The molecule has 5 nitrogen and oxygen atoms in total. The highest BCUT2D eigenvalue weighted by molar-refractivity contribution is 6.30. The molecule has 0 unspecified atom stereocenters. The molecule has 0 aliphatic heterocycles. The van der Waals surface area contributed by atoms with Crippen LogP contribution >= 0.6 is 11.6 Å². The van der Waals surface area contributed by atoms with Gasteiger partial charge in [-0.05, 0) is 5.92 Å². The SMILES string of the molecule is CC(C)Cc1nn2c(Cl)c(CN)nc2n1C. The molecule has 2 aromatic heterocycles. The molecular weight excluding hydrogens is 226 g/mol. The van der Waals surface area contributed by atoms with E-state index in [2.05, 4.69) is 23.9 Å². The van der Waals surface area contributed by atoms with Gasteiger partial charge >= 0.3 is 0 Å². The molecule has 2 rings (SSSR count). The van der Waals surface area contributed by atoms with Gasteiger partial charge < -0.3 is 5.73 Å². The minimum atomic E-state index is 0.335. The molecule has 0 aliphatic rings. The Hall–Kier alpha value is -1.07. The highest BCUT2D eigenvalue weighted by Gasteiger charge is 2.16. The van der Waals surface area contributed by atoms with Crippen molar-refractivity contribution < 1.29 is 0 Å². The van der Waals surface area contributed by atoms with Gasteiger partial charge in [0.05, 0.1) is 5.69 Å². The molecule has 0 fully saturated rings. The molecule has 0 bridgehead atoms. The first kappa shape index (κ1) is 11.4. The number of halogens is 1. The number of nitrogens with two attached hydrogens (primary N) is 1. The average Bonchev–Trinajstić information content (AvgIpc) is 2.68. The van der Waals surface area contributed by atoms with E-state index >= 15 is 0 Å². The first-order chi connectivity index (χ1) is 7.54. The van der Waals surface area contributed by atoms with Crippen molar-refractivity contribution in [2.75, 3.05) is 0 Å². The third-order valence-corrected chi connectivity index (χ3v) is 2.91. The van der Waals surface area contributed by atoms with Crippen LogP contribution in [0.5, 0.6) is 0 Å². The summed E-state index contributed by atoms with van der Waals surface area (Å²) in [7, 11) is 1.95. The van der Waals surface area contributed by atoms with E-state index < -0.39 is 0 Å². The van der Waals surface area contributed by atoms with Crippen LogP contribution < -0.4 is 5.73 Å². The molecule has 2 aromatic rings. The second-order valence-corrected chi connectivity index (χ2v) is 4.70. The van der Waals surface area contributed by atoms with Gasteiger partial charge in [0.2, 0.25) is 5.78 Å². The summed E-state index contributed by atoms with van der Waals surface area (Å²) in [4.78, 5) is 4.36. The number of nitrogens with zero attached hydrogens (tertiary/aromatic N) is 4. The third kappa shape index (κ3) is 1.70. The van der Waals surface area contributed by atoms with Crippen LogP contribution in [0, 0.1) is 5.92 Å². The van der Waals surface area contributed by atoms with Crippen LogP contribution in [0.4, 0.5) is 0 Å². The van der Waals surface area contributed by atoms with Crippen molar-refractivity contribution in [2.24, 2.45) is 18.7 Å². The molecule has 0 amide bonds. The van der Waals surface area contributed by atoms with Gasteiger partial charge in [0.25, 0.3) is 0 Å². The highest BCUT2D eigenvalue weighted by atomic mass is 35.5. The zero-order chi connectivity index (χ0) is 11.9. The van der Waals surface area contributed by atoms with Crippen molar-refractivity contribution in [3.63, 3.8) is 0 Å². The summed E-state index contributed by atoms with van der Waals surface area (Å²) in [5.41, 5.74) is 6.24. The van der Waals surface area contributed by atoms with E-state index in [0.29, 0.717) is 23.3 Å². The molecular formula is C10H16ClN5. The summed E-state index contributed by atoms with van der Waals surface area (Å²) in [6.45, 7) is 4.65. The Labute approximate surface area is 99.2 Å². The quantitative estimate of drug-likeness (QED) is 0.883. The van der Waals surface area contributed by atoms with E-state index in [9.17, 15) is 0 Å². The van der Waals surface area contributed by atoms with E-state index in [0.717, 1.165) is 18.0 Å². The van der Waals surface area contributed by atoms with E-state index in [1.54, 1.807) is 4.52 Å². The van der Waals surface area contributed by atoms with Crippen LogP contribution in [0.1, 0.15) is 25.4 Å². The molecule has 16 heavy (non-hydrogen) atoms. The first-order valence-corrected chi connectivity index (χ1v) is 5.71. The Morgan fingerprint density at radius 3 is 2.62 bits per heavy atom. The summed E-state index contributed by atoms with van der Waals surface area (Å²) in [5.74, 6) is 2.29. The Bertz CT molecular complexity index is 511. The number of aromatic nitrogens is 4. The average molecular weight is 242 g/mol. The Balaban J connectivity index is 2.53. The van der Waals surface area contributed by atoms with Crippen LogP contribution in [0.25, 0.3) is 5.78 Å². The zero-order valence-electron chi connectivity index (χ0n) is 9.74. The predicted octanol–water partition coefficient (Wildman–Crippen LogP) is 1.38. The number of fused-ring (bicyclic) bond motifs is 1. The minimum Gasteiger partial charge on any atom is -0.325 e. The standard InChI is InChI=1S/C10H16ClN5/c1-6(2)4-8-14-16-9(11)7(5-12)13-10(16)15(8)3/h6H,4-5,12H2,1-3H3. The summed E-state index contributed by atoms with van der Waals surface area (Å²) in [6.07, 6.45) is 0.911. The highest BCUT2D eigenvalue weighted by Crippen LogP contribution is 2.19. The minimum absolute atomic E-state index is 0.335. The number of aryl methyl sites for hydroxylation is 1. The predicted molar refractivity (Wildman–Crippen MR) is 63.4 cm³/mol. The topological polar surface area (TPSA) is 61.1 Å². The van der Waals surface area contributed by atoms with Gasteiger partial charge in [0.15, 0.2) is 5.15 Å². The molecule has 2 N–H and O–H groups in total. The first-order valence-electron chi connectivity index (χ1n) is 5.33. The molecule has 0 saturated heterocycles. The van der Waals surface area contributed by atoms with Gasteiger partial charge in [-0.1, -0.05) is 25.4 Å². The molecule has 0 saturated carbocycles. The number of imidazole rings is 1. The second kappa shape index (κ2) is 4.07. The van der Waals surface area contributed by atoms with Gasteiger partial charge in [-0.2, -0.15) is 9.61 Å². The number of rotatable bonds is 3. The van der Waals surface area contributed by atoms with Gasteiger partial charge in [-0.15, -0.1) is 0 Å². The van der Waals surface area contributed by atoms with Crippen molar-refractivity contribution in [1.82, 2.24) is 19.2 Å². The van der Waals surface area contributed by atoms with Crippen molar-refractivity contribution in [2.45, 2.75) is 26.8 Å². The van der Waals surface area contributed by atoms with Crippen molar-refractivity contribution >= 4 is 17.4 Å². The van der Waals surface area contributed by atoms with Crippen LogP contribution in [-0.2, 0) is 20.0 Å². The normalized spacial score (nSPS) is 11.9. The van der Waals surface area contributed by atoms with Crippen molar-refractivity contribution in [3.8, 4) is 0 Å². The maximum Gasteiger partial charge on any atom is 0.233 e. The van der Waals surface area contributed by atoms with E-state index in [1.807, 2.05) is 11.6 Å². The van der Waals surface area contributed by atoms with Crippen LogP contribution in [0.3, 0.4) is 0 Å². The summed E-state index contributed by atoms with van der Waals surface area (Å²) in [6, 6.07) is 0. The van der Waals surface area contributed by atoms with E-state index in [1.165, 1.54) is 0 Å². The van der Waals surface area contributed by atoms with Crippen molar-refractivity contribution in [3.05, 3.63) is 16.7 Å². The lowest BCUT2D eigenvalue weighted by atomic mass is 10.1. The summed E-state index contributed by atoms with van der Waals surface area (Å²) in [5, 5.41) is 4.97. The Kier molecular flexibility index (Phi) is 2.90. The lowest BCUT2D eigenvalue weighted by Crippen LogP contribution is -2.04. The lowest BCUT2D eigenvalue weighted by Gasteiger charge is -2.02. The fraction of sp³-hybridized carbons (Fsp3) is 0.600. The van der Waals surface area contributed by atoms with Gasteiger partial charge in [-0.3, -0.25) is 4.57 Å². The van der Waals surface area contributed by atoms with E-state index in [4.69, 9.17) is 17.3 Å².